The smallest absolute Gasteiger partial charge is 0.258 e. The van der Waals surface area contributed by atoms with Crippen molar-refractivity contribution in [3.05, 3.63) is 30.3 Å². The molecule has 3 N–H and O–H groups in total. The molecule has 0 aliphatic heterocycles. The first-order valence-electron chi connectivity index (χ1n) is 5.43. The molecule has 0 spiro atoms. The Hall–Kier alpha value is -1.55. The molecule has 86 valence electrons. The first-order chi connectivity index (χ1) is 7.74. The van der Waals surface area contributed by atoms with E-state index in [0.29, 0.717) is 12.3 Å². The van der Waals surface area contributed by atoms with Gasteiger partial charge in [-0.25, -0.2) is 0 Å². The third kappa shape index (κ3) is 2.73. The number of carbonyl (C=O) groups is 1. The summed E-state index contributed by atoms with van der Waals surface area (Å²) < 4.78 is 5.33. The molecule has 4 nitrogen and oxygen atoms in total. The summed E-state index contributed by atoms with van der Waals surface area (Å²) in [5.41, 5.74) is 5.43. The van der Waals surface area contributed by atoms with Gasteiger partial charge >= 0.3 is 0 Å². The van der Waals surface area contributed by atoms with Gasteiger partial charge in [-0.2, -0.15) is 0 Å². The van der Waals surface area contributed by atoms with Crippen molar-refractivity contribution in [3.8, 4) is 5.75 Å². The maximum absolute atomic E-state index is 11.5. The lowest BCUT2D eigenvalue weighted by atomic mass is 10.3. The largest absolute Gasteiger partial charge is 0.484 e. The number of nitrogens with two attached hydrogens (primary N) is 1. The Morgan fingerprint density at radius 2 is 2.06 bits per heavy atom. The van der Waals surface area contributed by atoms with Gasteiger partial charge in [0.2, 0.25) is 0 Å². The van der Waals surface area contributed by atoms with E-state index in [1.54, 1.807) is 0 Å². The number of hydrogen-bond donors (Lipinski definition) is 2. The van der Waals surface area contributed by atoms with E-state index in [1.807, 2.05) is 30.3 Å². The van der Waals surface area contributed by atoms with E-state index in [2.05, 4.69) is 5.32 Å². The zero-order valence-electron chi connectivity index (χ0n) is 9.11. The number of carbonyl (C=O) groups excluding carboxylic acids is 1. The molecule has 0 radical (unpaired) electrons. The zero-order valence-corrected chi connectivity index (χ0v) is 9.11. The molecule has 0 bridgehead atoms. The van der Waals surface area contributed by atoms with E-state index in [9.17, 15) is 4.79 Å². The Balaban J connectivity index is 1.76. The molecule has 4 heteroatoms. The summed E-state index contributed by atoms with van der Waals surface area (Å²) in [4.78, 5) is 11.5. The van der Waals surface area contributed by atoms with E-state index in [-0.39, 0.29) is 18.1 Å². The van der Waals surface area contributed by atoms with Gasteiger partial charge < -0.3 is 15.8 Å². The number of benzene rings is 1. The van der Waals surface area contributed by atoms with Crippen LogP contribution in [0, 0.1) is 0 Å². The maximum atomic E-state index is 11.5. The topological polar surface area (TPSA) is 64.3 Å². The van der Waals surface area contributed by atoms with Crippen LogP contribution < -0.4 is 15.8 Å². The van der Waals surface area contributed by atoms with Crippen LogP contribution in [0.3, 0.4) is 0 Å². The van der Waals surface area contributed by atoms with Crippen molar-refractivity contribution in [2.75, 3.05) is 13.2 Å². The van der Waals surface area contributed by atoms with Crippen molar-refractivity contribution < 1.29 is 9.53 Å². The van der Waals surface area contributed by atoms with Crippen LogP contribution in [-0.4, -0.2) is 24.6 Å². The predicted molar refractivity (Wildman–Crippen MR) is 61.1 cm³/mol. The van der Waals surface area contributed by atoms with E-state index in [0.717, 1.165) is 12.8 Å². The number of nitrogens with one attached hydrogen (secondary N) is 1. The normalized spacial score (nSPS) is 16.6. The third-order valence-corrected chi connectivity index (χ3v) is 2.76. The standard InChI is InChI=1S/C12H16N2O2/c13-9-12(6-7-12)14-11(15)8-16-10-4-2-1-3-5-10/h1-5H,6-9,13H2,(H,14,15). The number of hydrogen-bond acceptors (Lipinski definition) is 3. The van der Waals surface area contributed by atoms with Gasteiger partial charge in [0, 0.05) is 6.54 Å². The van der Waals surface area contributed by atoms with Crippen LogP contribution in [0.2, 0.25) is 0 Å². The summed E-state index contributed by atoms with van der Waals surface area (Å²) in [6, 6.07) is 9.29. The first kappa shape index (κ1) is 11.0. The van der Waals surface area contributed by atoms with Crippen LogP contribution in [0.4, 0.5) is 0 Å². The number of para-hydroxylation sites is 1. The van der Waals surface area contributed by atoms with Gasteiger partial charge in [0.15, 0.2) is 6.61 Å². The average Bonchev–Trinajstić information content (AvgIpc) is 3.08. The minimum Gasteiger partial charge on any atom is -0.484 e. The molecule has 16 heavy (non-hydrogen) atoms. The predicted octanol–water partition coefficient (Wildman–Crippen LogP) is 0.673. The second-order valence-corrected chi connectivity index (χ2v) is 4.13. The van der Waals surface area contributed by atoms with Crippen LogP contribution in [0.1, 0.15) is 12.8 Å². The third-order valence-electron chi connectivity index (χ3n) is 2.76. The van der Waals surface area contributed by atoms with Crippen LogP contribution in [0.5, 0.6) is 5.75 Å². The Morgan fingerprint density at radius 1 is 1.38 bits per heavy atom. The monoisotopic (exact) mass is 220 g/mol. The molecular weight excluding hydrogens is 204 g/mol. The van der Waals surface area contributed by atoms with E-state index >= 15 is 0 Å². The summed E-state index contributed by atoms with van der Waals surface area (Å²) in [6.07, 6.45) is 1.95. The molecule has 1 amide bonds. The lowest BCUT2D eigenvalue weighted by Gasteiger charge is -2.15. The molecule has 1 saturated carbocycles. The summed E-state index contributed by atoms with van der Waals surface area (Å²) in [5, 5.41) is 2.90. The van der Waals surface area contributed by atoms with Gasteiger partial charge in [-0.3, -0.25) is 4.79 Å². The zero-order chi connectivity index (χ0) is 11.4. The van der Waals surface area contributed by atoms with Crippen molar-refractivity contribution in [3.63, 3.8) is 0 Å². The quantitative estimate of drug-likeness (QED) is 0.766. The summed E-state index contributed by atoms with van der Waals surface area (Å²) in [6.45, 7) is 0.551. The Kier molecular flexibility index (Phi) is 3.10. The minimum atomic E-state index is -0.142. The number of amides is 1. The minimum absolute atomic E-state index is 0.0474. The maximum Gasteiger partial charge on any atom is 0.258 e. The van der Waals surface area contributed by atoms with Gasteiger partial charge in [0.05, 0.1) is 5.54 Å². The van der Waals surface area contributed by atoms with Crippen molar-refractivity contribution in [2.45, 2.75) is 18.4 Å². The number of ether oxygens (including phenoxy) is 1. The molecule has 1 aromatic rings. The van der Waals surface area contributed by atoms with E-state index < -0.39 is 0 Å². The van der Waals surface area contributed by atoms with Crippen LogP contribution in [0.25, 0.3) is 0 Å². The highest BCUT2D eigenvalue weighted by Crippen LogP contribution is 2.33. The highest BCUT2D eigenvalue weighted by Gasteiger charge is 2.42. The SMILES string of the molecule is NCC1(NC(=O)COc2ccccc2)CC1. The van der Waals surface area contributed by atoms with Crippen LogP contribution >= 0.6 is 0 Å². The molecule has 0 heterocycles. The van der Waals surface area contributed by atoms with Gasteiger partial charge in [-0.05, 0) is 25.0 Å². The van der Waals surface area contributed by atoms with Crippen LogP contribution in [0.15, 0.2) is 30.3 Å². The second-order valence-electron chi connectivity index (χ2n) is 4.13. The average molecular weight is 220 g/mol. The fourth-order valence-electron chi connectivity index (χ4n) is 1.53. The first-order valence-corrected chi connectivity index (χ1v) is 5.43. The lowest BCUT2D eigenvalue weighted by molar-refractivity contribution is -0.124. The fourth-order valence-corrected chi connectivity index (χ4v) is 1.53. The molecule has 2 rings (SSSR count). The Bertz CT molecular complexity index is 361. The molecule has 1 fully saturated rings. The molecular formula is C12H16N2O2. The van der Waals surface area contributed by atoms with E-state index in [1.165, 1.54) is 0 Å². The summed E-state index contributed by atoms with van der Waals surface area (Å²) in [5.74, 6) is 0.599. The van der Waals surface area contributed by atoms with Gasteiger partial charge in [0.25, 0.3) is 5.91 Å². The molecule has 0 unspecified atom stereocenters. The lowest BCUT2D eigenvalue weighted by Crippen LogP contribution is -2.44. The Morgan fingerprint density at radius 3 is 2.62 bits per heavy atom. The van der Waals surface area contributed by atoms with Gasteiger partial charge in [0.1, 0.15) is 5.75 Å². The highest BCUT2D eigenvalue weighted by molar-refractivity contribution is 5.78. The van der Waals surface area contributed by atoms with Gasteiger partial charge in [-0.1, -0.05) is 18.2 Å². The second kappa shape index (κ2) is 4.53. The summed E-state index contributed by atoms with van der Waals surface area (Å²) >= 11 is 0. The molecule has 1 aliphatic rings. The molecule has 0 aromatic heterocycles. The number of rotatable bonds is 5. The molecule has 1 aromatic carbocycles. The highest BCUT2D eigenvalue weighted by atomic mass is 16.5. The van der Waals surface area contributed by atoms with Crippen molar-refractivity contribution >= 4 is 5.91 Å². The summed E-state index contributed by atoms with van der Waals surface area (Å²) in [7, 11) is 0. The van der Waals surface area contributed by atoms with Crippen molar-refractivity contribution in [1.82, 2.24) is 5.32 Å². The van der Waals surface area contributed by atoms with Gasteiger partial charge in [-0.15, -0.1) is 0 Å². The molecule has 0 atom stereocenters. The van der Waals surface area contributed by atoms with Crippen molar-refractivity contribution in [2.24, 2.45) is 5.73 Å². The molecule has 1 aliphatic carbocycles. The van der Waals surface area contributed by atoms with E-state index in [4.69, 9.17) is 10.5 Å². The van der Waals surface area contributed by atoms with Crippen LogP contribution in [-0.2, 0) is 4.79 Å². The Labute approximate surface area is 94.8 Å². The van der Waals surface area contributed by atoms with Crippen molar-refractivity contribution in [1.29, 1.82) is 0 Å². The molecule has 0 saturated heterocycles. The fraction of sp³-hybridized carbons (Fsp3) is 0.417.